The van der Waals surface area contributed by atoms with E-state index in [2.05, 4.69) is 10.3 Å². The first kappa shape index (κ1) is 16.9. The summed E-state index contributed by atoms with van der Waals surface area (Å²) in [5, 5.41) is 3.19. The van der Waals surface area contributed by atoms with Gasteiger partial charge >= 0.3 is 0 Å². The van der Waals surface area contributed by atoms with E-state index in [4.69, 9.17) is 17.3 Å². The van der Waals surface area contributed by atoms with E-state index in [1.54, 1.807) is 30.3 Å². The number of nitrogens with one attached hydrogen (secondary N) is 1. The van der Waals surface area contributed by atoms with Gasteiger partial charge in [0.05, 0.1) is 16.3 Å². The molecule has 25 heavy (non-hydrogen) atoms. The highest BCUT2D eigenvalue weighted by molar-refractivity contribution is 6.34. The number of halogens is 2. The summed E-state index contributed by atoms with van der Waals surface area (Å²) in [6.45, 7) is 1.84. The van der Waals surface area contributed by atoms with E-state index < -0.39 is 5.91 Å². The monoisotopic (exact) mass is 355 g/mol. The van der Waals surface area contributed by atoms with E-state index in [1.165, 1.54) is 18.3 Å². The Bertz CT molecular complexity index is 939. The van der Waals surface area contributed by atoms with Crippen LogP contribution in [0, 0.1) is 12.7 Å². The van der Waals surface area contributed by atoms with Crippen molar-refractivity contribution in [1.82, 2.24) is 4.98 Å². The highest BCUT2D eigenvalue weighted by Crippen LogP contribution is 2.27. The molecule has 0 fully saturated rings. The maximum absolute atomic E-state index is 13.4. The third-order valence-corrected chi connectivity index (χ3v) is 4.10. The minimum absolute atomic E-state index is 0.0855. The van der Waals surface area contributed by atoms with Gasteiger partial charge in [0.15, 0.2) is 0 Å². The highest BCUT2D eigenvalue weighted by Gasteiger charge is 2.15. The zero-order valence-corrected chi connectivity index (χ0v) is 14.1. The molecular formula is C19H15ClFN3O. The van der Waals surface area contributed by atoms with Crippen LogP contribution in [-0.2, 0) is 0 Å². The molecule has 0 bridgehead atoms. The van der Waals surface area contributed by atoms with Crippen LogP contribution in [0.3, 0.4) is 0 Å². The zero-order valence-electron chi connectivity index (χ0n) is 13.4. The van der Waals surface area contributed by atoms with Gasteiger partial charge in [-0.25, -0.2) is 9.37 Å². The Balaban J connectivity index is 1.96. The lowest BCUT2D eigenvalue weighted by atomic mass is 10.0. The fraction of sp³-hybridized carbons (Fsp3) is 0.0526. The molecule has 3 rings (SSSR count). The Morgan fingerprint density at radius 2 is 1.92 bits per heavy atom. The van der Waals surface area contributed by atoms with E-state index in [0.717, 1.165) is 5.56 Å². The lowest BCUT2D eigenvalue weighted by Crippen LogP contribution is -2.16. The molecule has 2 aromatic carbocycles. The SMILES string of the molecule is Cc1cccc(Cl)c1NC(=O)c1cc(-c2cccc(F)c2)cnc1N. The van der Waals surface area contributed by atoms with Gasteiger partial charge in [-0.15, -0.1) is 0 Å². The van der Waals surface area contributed by atoms with Gasteiger partial charge in [0.25, 0.3) is 5.91 Å². The van der Waals surface area contributed by atoms with Gasteiger partial charge in [-0.2, -0.15) is 0 Å². The number of pyridine rings is 1. The predicted octanol–water partition coefficient (Wildman–Crippen LogP) is 4.68. The number of hydrogen-bond acceptors (Lipinski definition) is 3. The average Bonchev–Trinajstić information content (AvgIpc) is 2.58. The van der Waals surface area contributed by atoms with Crippen molar-refractivity contribution in [1.29, 1.82) is 0 Å². The number of nitrogens with zero attached hydrogens (tertiary/aromatic N) is 1. The summed E-state index contributed by atoms with van der Waals surface area (Å²) in [5.74, 6) is -0.714. The molecule has 1 aromatic heterocycles. The molecule has 0 spiro atoms. The second-order valence-electron chi connectivity index (χ2n) is 5.55. The molecular weight excluding hydrogens is 341 g/mol. The smallest absolute Gasteiger partial charge is 0.259 e. The number of rotatable bonds is 3. The van der Waals surface area contributed by atoms with Crippen LogP contribution in [0.2, 0.25) is 5.02 Å². The van der Waals surface area contributed by atoms with Crippen LogP contribution in [-0.4, -0.2) is 10.9 Å². The molecule has 4 nitrogen and oxygen atoms in total. The van der Waals surface area contributed by atoms with Crippen LogP contribution in [0.25, 0.3) is 11.1 Å². The number of carbonyl (C=O) groups excluding carboxylic acids is 1. The van der Waals surface area contributed by atoms with Crippen LogP contribution >= 0.6 is 11.6 Å². The average molecular weight is 356 g/mol. The fourth-order valence-electron chi connectivity index (χ4n) is 2.45. The minimum atomic E-state index is -0.431. The van der Waals surface area contributed by atoms with Crippen molar-refractivity contribution >= 4 is 29.0 Å². The topological polar surface area (TPSA) is 68.0 Å². The Morgan fingerprint density at radius 1 is 1.16 bits per heavy atom. The summed E-state index contributed by atoms with van der Waals surface area (Å²) in [7, 11) is 0. The van der Waals surface area contributed by atoms with E-state index in [-0.39, 0.29) is 17.2 Å². The van der Waals surface area contributed by atoms with Crippen molar-refractivity contribution in [3.05, 3.63) is 76.7 Å². The molecule has 0 saturated heterocycles. The lowest BCUT2D eigenvalue weighted by Gasteiger charge is -2.12. The second kappa shape index (κ2) is 6.91. The molecule has 3 N–H and O–H groups in total. The Labute approximate surface area is 149 Å². The number of nitrogens with two attached hydrogens (primary N) is 1. The largest absolute Gasteiger partial charge is 0.383 e. The summed E-state index contributed by atoms with van der Waals surface area (Å²) in [5.41, 5.74) is 8.59. The molecule has 0 aliphatic heterocycles. The molecule has 1 amide bonds. The lowest BCUT2D eigenvalue weighted by molar-refractivity contribution is 0.102. The summed E-state index contributed by atoms with van der Waals surface area (Å²) < 4.78 is 13.4. The molecule has 126 valence electrons. The molecule has 0 atom stereocenters. The first-order chi connectivity index (χ1) is 12.0. The molecule has 3 aromatic rings. The van der Waals surface area contributed by atoms with Crippen molar-refractivity contribution in [2.24, 2.45) is 0 Å². The number of anilines is 2. The summed E-state index contributed by atoms with van der Waals surface area (Å²) in [4.78, 5) is 16.7. The number of aromatic nitrogens is 1. The van der Waals surface area contributed by atoms with Gasteiger partial charge in [0, 0.05) is 11.8 Å². The van der Waals surface area contributed by atoms with Gasteiger partial charge in [0.1, 0.15) is 11.6 Å². The van der Waals surface area contributed by atoms with Crippen LogP contribution in [0.1, 0.15) is 15.9 Å². The summed E-state index contributed by atoms with van der Waals surface area (Å²) in [6, 6.07) is 13.0. The van der Waals surface area contributed by atoms with E-state index in [9.17, 15) is 9.18 Å². The van der Waals surface area contributed by atoms with Gasteiger partial charge in [-0.1, -0.05) is 35.9 Å². The van der Waals surface area contributed by atoms with Crippen LogP contribution < -0.4 is 11.1 Å². The van der Waals surface area contributed by atoms with E-state index in [0.29, 0.717) is 21.8 Å². The van der Waals surface area contributed by atoms with Crippen molar-refractivity contribution in [3.63, 3.8) is 0 Å². The maximum Gasteiger partial charge on any atom is 0.259 e. The summed E-state index contributed by atoms with van der Waals surface area (Å²) in [6.07, 6.45) is 1.50. The van der Waals surface area contributed by atoms with Gasteiger partial charge < -0.3 is 11.1 Å². The van der Waals surface area contributed by atoms with E-state index in [1.807, 2.05) is 13.0 Å². The third kappa shape index (κ3) is 3.61. The van der Waals surface area contributed by atoms with Crippen molar-refractivity contribution in [2.45, 2.75) is 6.92 Å². The number of amides is 1. The molecule has 0 aliphatic carbocycles. The fourth-order valence-corrected chi connectivity index (χ4v) is 2.72. The first-order valence-corrected chi connectivity index (χ1v) is 7.91. The maximum atomic E-state index is 13.4. The van der Waals surface area contributed by atoms with E-state index >= 15 is 0 Å². The number of hydrogen-bond donors (Lipinski definition) is 2. The Kier molecular flexibility index (Phi) is 4.67. The molecule has 1 heterocycles. The van der Waals surface area contributed by atoms with Crippen LogP contribution in [0.4, 0.5) is 15.9 Å². The first-order valence-electron chi connectivity index (χ1n) is 7.53. The second-order valence-corrected chi connectivity index (χ2v) is 5.96. The molecule has 0 aliphatic rings. The number of benzene rings is 2. The minimum Gasteiger partial charge on any atom is -0.383 e. The number of para-hydroxylation sites is 1. The Hall–Kier alpha value is -2.92. The molecule has 0 radical (unpaired) electrons. The number of aryl methyl sites for hydroxylation is 1. The third-order valence-electron chi connectivity index (χ3n) is 3.78. The number of nitrogen functional groups attached to an aromatic ring is 1. The van der Waals surface area contributed by atoms with Crippen molar-refractivity contribution in [3.8, 4) is 11.1 Å². The Morgan fingerprint density at radius 3 is 2.64 bits per heavy atom. The highest BCUT2D eigenvalue weighted by atomic mass is 35.5. The standard InChI is InChI=1S/C19H15ClFN3O/c1-11-4-2-7-16(20)17(11)24-19(25)15-9-13(10-23-18(15)22)12-5-3-6-14(21)8-12/h2-10H,1H3,(H2,22,23)(H,24,25). The summed E-state index contributed by atoms with van der Waals surface area (Å²) >= 11 is 6.14. The normalized spacial score (nSPS) is 10.5. The van der Waals surface area contributed by atoms with Crippen molar-refractivity contribution < 1.29 is 9.18 Å². The van der Waals surface area contributed by atoms with Crippen LogP contribution in [0.15, 0.2) is 54.7 Å². The molecule has 0 saturated carbocycles. The zero-order chi connectivity index (χ0) is 18.0. The quantitative estimate of drug-likeness (QED) is 0.716. The van der Waals surface area contributed by atoms with Gasteiger partial charge in [-0.05, 0) is 42.3 Å². The van der Waals surface area contributed by atoms with Gasteiger partial charge in [-0.3, -0.25) is 4.79 Å². The molecule has 0 unspecified atom stereocenters. The van der Waals surface area contributed by atoms with Gasteiger partial charge in [0.2, 0.25) is 0 Å². The predicted molar refractivity (Wildman–Crippen MR) is 98.2 cm³/mol. The number of carbonyl (C=O) groups is 1. The molecule has 6 heteroatoms. The van der Waals surface area contributed by atoms with Crippen LogP contribution in [0.5, 0.6) is 0 Å². The van der Waals surface area contributed by atoms with Crippen molar-refractivity contribution in [2.75, 3.05) is 11.1 Å².